The van der Waals surface area contributed by atoms with E-state index in [2.05, 4.69) is 5.32 Å². The van der Waals surface area contributed by atoms with Crippen LogP contribution in [0.1, 0.15) is 23.5 Å². The van der Waals surface area contributed by atoms with Crippen LogP contribution in [0.5, 0.6) is 0 Å². The summed E-state index contributed by atoms with van der Waals surface area (Å²) >= 11 is 1.40. The lowest BCUT2D eigenvalue weighted by Gasteiger charge is -2.17. The minimum absolute atomic E-state index is 0.0633. The Morgan fingerprint density at radius 3 is 2.73 bits per heavy atom. The van der Waals surface area contributed by atoms with Crippen LogP contribution in [0.25, 0.3) is 0 Å². The number of aliphatic hydroxyl groups excluding tert-OH is 2. The molecule has 3 N–H and O–H groups in total. The number of hydrogen-bond donors (Lipinski definition) is 3. The molecule has 0 fully saturated rings. The van der Waals surface area contributed by atoms with Crippen molar-refractivity contribution in [1.29, 1.82) is 0 Å². The SMILES string of the molecule is CC(=O)NCC(O)C(O)c1sccc1C. The Morgan fingerprint density at radius 1 is 1.60 bits per heavy atom. The third-order valence-electron chi connectivity index (χ3n) is 2.09. The second-order valence-corrected chi connectivity index (χ2v) is 4.36. The lowest BCUT2D eigenvalue weighted by Crippen LogP contribution is -2.34. The van der Waals surface area contributed by atoms with Crippen LogP contribution < -0.4 is 5.32 Å². The van der Waals surface area contributed by atoms with Crippen molar-refractivity contribution < 1.29 is 15.0 Å². The summed E-state index contributed by atoms with van der Waals surface area (Å²) in [6, 6.07) is 1.88. The van der Waals surface area contributed by atoms with Gasteiger partial charge in [0.1, 0.15) is 12.2 Å². The molecule has 0 aliphatic rings. The highest BCUT2D eigenvalue weighted by Crippen LogP contribution is 2.25. The van der Waals surface area contributed by atoms with Gasteiger partial charge in [0.05, 0.1) is 0 Å². The van der Waals surface area contributed by atoms with Crippen LogP contribution >= 0.6 is 11.3 Å². The molecule has 0 radical (unpaired) electrons. The zero-order valence-electron chi connectivity index (χ0n) is 8.73. The van der Waals surface area contributed by atoms with Gasteiger partial charge in [-0.1, -0.05) is 0 Å². The lowest BCUT2D eigenvalue weighted by molar-refractivity contribution is -0.119. The summed E-state index contributed by atoms with van der Waals surface area (Å²) in [6.45, 7) is 3.31. The van der Waals surface area contributed by atoms with Crippen molar-refractivity contribution in [3.8, 4) is 0 Å². The number of carbonyl (C=O) groups is 1. The molecule has 0 bridgehead atoms. The third kappa shape index (κ3) is 3.30. The number of aliphatic hydroxyl groups is 2. The highest BCUT2D eigenvalue weighted by Gasteiger charge is 2.20. The molecule has 1 heterocycles. The lowest BCUT2D eigenvalue weighted by atomic mass is 10.1. The summed E-state index contributed by atoms with van der Waals surface area (Å²) in [6.07, 6.45) is -1.90. The van der Waals surface area contributed by atoms with Gasteiger partial charge in [-0.15, -0.1) is 11.3 Å². The van der Waals surface area contributed by atoms with Gasteiger partial charge in [0.15, 0.2) is 0 Å². The van der Waals surface area contributed by atoms with Crippen LogP contribution in [0.3, 0.4) is 0 Å². The molecule has 84 valence electrons. The van der Waals surface area contributed by atoms with E-state index in [1.54, 1.807) is 0 Å². The number of thiophene rings is 1. The van der Waals surface area contributed by atoms with Crippen molar-refractivity contribution >= 4 is 17.2 Å². The number of hydrogen-bond acceptors (Lipinski definition) is 4. The van der Waals surface area contributed by atoms with Gasteiger partial charge in [0.25, 0.3) is 0 Å². The molecule has 4 nitrogen and oxygen atoms in total. The first-order valence-corrected chi connectivity index (χ1v) is 5.55. The van der Waals surface area contributed by atoms with Crippen LogP contribution in [-0.4, -0.2) is 28.8 Å². The van der Waals surface area contributed by atoms with Gasteiger partial charge < -0.3 is 15.5 Å². The average Bonchev–Trinajstić information content (AvgIpc) is 2.59. The van der Waals surface area contributed by atoms with Crippen LogP contribution in [0.15, 0.2) is 11.4 Å². The van der Waals surface area contributed by atoms with E-state index in [4.69, 9.17) is 0 Å². The first-order valence-electron chi connectivity index (χ1n) is 4.67. The van der Waals surface area contributed by atoms with Crippen molar-refractivity contribution in [2.75, 3.05) is 6.54 Å². The van der Waals surface area contributed by atoms with Crippen molar-refractivity contribution in [3.05, 3.63) is 21.9 Å². The summed E-state index contributed by atoms with van der Waals surface area (Å²) in [7, 11) is 0. The fraction of sp³-hybridized carbons (Fsp3) is 0.500. The van der Waals surface area contributed by atoms with Crippen molar-refractivity contribution in [3.63, 3.8) is 0 Å². The zero-order chi connectivity index (χ0) is 11.4. The van der Waals surface area contributed by atoms with Gasteiger partial charge in [0, 0.05) is 18.3 Å². The van der Waals surface area contributed by atoms with E-state index in [1.807, 2.05) is 18.4 Å². The Morgan fingerprint density at radius 2 is 2.27 bits per heavy atom. The monoisotopic (exact) mass is 229 g/mol. The van der Waals surface area contributed by atoms with E-state index < -0.39 is 12.2 Å². The average molecular weight is 229 g/mol. The van der Waals surface area contributed by atoms with Crippen LogP contribution in [-0.2, 0) is 4.79 Å². The molecular weight excluding hydrogens is 214 g/mol. The first-order chi connectivity index (χ1) is 7.02. The minimum Gasteiger partial charge on any atom is -0.388 e. The predicted molar refractivity (Wildman–Crippen MR) is 58.7 cm³/mol. The summed E-state index contributed by atoms with van der Waals surface area (Å²) in [5, 5.41) is 23.7. The maximum absolute atomic E-state index is 10.6. The number of rotatable bonds is 4. The highest BCUT2D eigenvalue weighted by atomic mass is 32.1. The second-order valence-electron chi connectivity index (χ2n) is 3.42. The number of amides is 1. The molecule has 0 aliphatic carbocycles. The Bertz CT molecular complexity index is 337. The Labute approximate surface area is 92.6 Å². The molecule has 0 saturated heterocycles. The standard InChI is InChI=1S/C10H15NO3S/c1-6-3-4-15-10(6)9(14)8(13)5-11-7(2)12/h3-4,8-9,13-14H,5H2,1-2H3,(H,11,12). The Balaban J connectivity index is 2.57. The summed E-state index contributed by atoms with van der Waals surface area (Å²) in [5.74, 6) is -0.218. The van der Waals surface area contributed by atoms with Gasteiger partial charge in [-0.3, -0.25) is 4.79 Å². The zero-order valence-corrected chi connectivity index (χ0v) is 9.54. The van der Waals surface area contributed by atoms with E-state index in [0.717, 1.165) is 10.4 Å². The van der Waals surface area contributed by atoms with Gasteiger partial charge in [-0.25, -0.2) is 0 Å². The van der Waals surface area contributed by atoms with Gasteiger partial charge >= 0.3 is 0 Å². The van der Waals surface area contributed by atoms with Crippen LogP contribution in [0.2, 0.25) is 0 Å². The quantitative estimate of drug-likeness (QED) is 0.707. The van der Waals surface area contributed by atoms with Gasteiger partial charge in [-0.05, 0) is 23.9 Å². The van der Waals surface area contributed by atoms with E-state index in [9.17, 15) is 15.0 Å². The molecule has 1 amide bonds. The number of carbonyl (C=O) groups excluding carboxylic acids is 1. The summed E-state index contributed by atoms with van der Waals surface area (Å²) < 4.78 is 0. The maximum Gasteiger partial charge on any atom is 0.216 e. The van der Waals surface area contributed by atoms with Crippen LogP contribution in [0.4, 0.5) is 0 Å². The summed E-state index contributed by atoms with van der Waals surface area (Å²) in [4.78, 5) is 11.4. The molecule has 0 saturated carbocycles. The topological polar surface area (TPSA) is 69.6 Å². The minimum atomic E-state index is -0.966. The Hall–Kier alpha value is -0.910. The molecule has 2 atom stereocenters. The molecular formula is C10H15NO3S. The fourth-order valence-corrected chi connectivity index (χ4v) is 2.19. The van der Waals surface area contributed by atoms with Gasteiger partial charge in [-0.2, -0.15) is 0 Å². The second kappa shape index (κ2) is 5.25. The molecule has 0 aromatic carbocycles. The Kier molecular flexibility index (Phi) is 4.26. The first kappa shape index (κ1) is 12.2. The largest absolute Gasteiger partial charge is 0.388 e. The van der Waals surface area contributed by atoms with Crippen molar-refractivity contribution in [2.24, 2.45) is 0 Å². The highest BCUT2D eigenvalue weighted by molar-refractivity contribution is 7.10. The summed E-state index contributed by atoms with van der Waals surface area (Å²) in [5.41, 5.74) is 0.953. The molecule has 5 heteroatoms. The molecule has 0 aliphatic heterocycles. The fourth-order valence-electron chi connectivity index (χ4n) is 1.22. The van der Waals surface area contributed by atoms with Gasteiger partial charge in [0.2, 0.25) is 5.91 Å². The normalized spacial score (nSPS) is 14.7. The maximum atomic E-state index is 10.6. The number of nitrogens with one attached hydrogen (secondary N) is 1. The molecule has 2 unspecified atom stereocenters. The smallest absolute Gasteiger partial charge is 0.216 e. The van der Waals surface area contributed by atoms with E-state index >= 15 is 0 Å². The molecule has 1 rings (SSSR count). The van der Waals surface area contributed by atoms with Crippen LogP contribution in [0, 0.1) is 6.92 Å². The predicted octanol–water partition coefficient (Wildman–Crippen LogP) is 0.587. The van der Waals surface area contributed by atoms with Crippen molar-refractivity contribution in [2.45, 2.75) is 26.1 Å². The van der Waals surface area contributed by atoms with E-state index in [-0.39, 0.29) is 12.5 Å². The van der Waals surface area contributed by atoms with Crippen molar-refractivity contribution in [1.82, 2.24) is 5.32 Å². The molecule has 1 aromatic rings. The third-order valence-corrected chi connectivity index (χ3v) is 3.18. The van der Waals surface area contributed by atoms with E-state index in [1.165, 1.54) is 18.3 Å². The molecule has 15 heavy (non-hydrogen) atoms. The van der Waals surface area contributed by atoms with E-state index in [0.29, 0.717) is 0 Å². The molecule has 1 aromatic heterocycles. The molecule has 0 spiro atoms. The number of aryl methyl sites for hydroxylation is 1.